The zero-order valence-electron chi connectivity index (χ0n) is 19.7. The summed E-state index contributed by atoms with van der Waals surface area (Å²) in [6, 6.07) is 33.1. The van der Waals surface area contributed by atoms with E-state index in [4.69, 9.17) is 10.5 Å². The first kappa shape index (κ1) is 28.4. The van der Waals surface area contributed by atoms with E-state index in [1.807, 2.05) is 12.1 Å². The van der Waals surface area contributed by atoms with Crippen LogP contribution >= 0.6 is 7.92 Å². The molecule has 2 nitrogen and oxygen atoms in total. The average molecular weight is 615 g/mol. The van der Waals surface area contributed by atoms with E-state index in [0.717, 1.165) is 29.6 Å². The average Bonchev–Trinajstić information content (AvgIpc) is 3.01. The molecule has 0 spiro atoms. The monoisotopic (exact) mass is 615 g/mol. The Morgan fingerprint density at radius 1 is 0.594 bits per heavy atom. The summed E-state index contributed by atoms with van der Waals surface area (Å²) < 4.78 is 0. The first-order valence-corrected chi connectivity index (χ1v) is 12.4. The Morgan fingerprint density at radius 2 is 0.938 bits per heavy atom. The second kappa shape index (κ2) is 14.5. The van der Waals surface area contributed by atoms with Crippen LogP contribution in [-0.4, -0.2) is 0 Å². The van der Waals surface area contributed by atoms with Crippen LogP contribution in [-0.2, 0) is 21.1 Å². The summed E-state index contributed by atoms with van der Waals surface area (Å²) in [6.07, 6.45) is 0. The predicted molar refractivity (Wildman–Crippen MR) is 137 cm³/mol. The van der Waals surface area contributed by atoms with Crippen molar-refractivity contribution in [2.24, 2.45) is 29.6 Å². The van der Waals surface area contributed by atoms with Crippen LogP contribution in [0.2, 0.25) is 0 Å². The van der Waals surface area contributed by atoms with Crippen LogP contribution in [0, 0.1) is 40.6 Å². The summed E-state index contributed by atoms with van der Waals surface area (Å²) in [5, 5.41) is 4.01. The molecule has 0 unspecified atom stereocenters. The number of hydrogen-bond acceptors (Lipinski definition) is 1. The third-order valence-electron chi connectivity index (χ3n) is 7.11. The van der Waals surface area contributed by atoms with E-state index in [1.54, 1.807) is 0 Å². The van der Waals surface area contributed by atoms with E-state index in [-0.39, 0.29) is 21.1 Å². The molecular formula is C28H34NOPW-2. The normalized spacial score (nSPS) is 23.8. The van der Waals surface area contributed by atoms with Crippen molar-refractivity contribution in [3.8, 4) is 0 Å². The van der Waals surface area contributed by atoms with Crippen LogP contribution in [0.15, 0.2) is 84.9 Å². The molecule has 4 heteroatoms. The molecule has 0 N–H and O–H groups in total. The van der Waals surface area contributed by atoms with Gasteiger partial charge in [0.05, 0.1) is 0 Å². The van der Waals surface area contributed by atoms with E-state index in [2.05, 4.69) is 113 Å². The van der Waals surface area contributed by atoms with Gasteiger partial charge in [-0.3, -0.25) is 0 Å². The molecular weight excluding hydrogens is 581 g/mol. The Hall–Kier alpha value is -1.62. The zero-order chi connectivity index (χ0) is 22.8. The molecule has 0 aliphatic heterocycles. The van der Waals surface area contributed by atoms with Gasteiger partial charge >= 0.3 is 0 Å². The molecule has 4 rings (SSSR count). The van der Waals surface area contributed by atoms with E-state index < -0.39 is 7.92 Å². The molecule has 0 bridgehead atoms. The van der Waals surface area contributed by atoms with Gasteiger partial charge in [-0.15, -0.1) is 5.30 Å². The van der Waals surface area contributed by atoms with Gasteiger partial charge in [-0.1, -0.05) is 95.3 Å². The Labute approximate surface area is 210 Å². The van der Waals surface area contributed by atoms with Crippen LogP contribution in [0.1, 0.15) is 34.6 Å². The number of nitroso groups, excluding NO2 is 1. The van der Waals surface area contributed by atoms with Gasteiger partial charge in [-0.25, -0.2) is 0 Å². The van der Waals surface area contributed by atoms with Crippen LogP contribution in [0.5, 0.6) is 0 Å². The van der Waals surface area contributed by atoms with E-state index in [9.17, 15) is 0 Å². The Kier molecular flexibility index (Phi) is 12.9. The molecule has 170 valence electrons. The minimum atomic E-state index is -0.502. The second-order valence-corrected chi connectivity index (χ2v) is 10.7. The first-order chi connectivity index (χ1) is 15.0. The maximum Gasteiger partial charge on any atom is 0 e. The number of rotatable bonds is 3. The third-order valence-corrected chi connectivity index (χ3v) is 9.50. The molecule has 0 saturated heterocycles. The van der Waals surface area contributed by atoms with Crippen molar-refractivity contribution in [2.75, 3.05) is 0 Å². The number of benzene rings is 3. The van der Waals surface area contributed by atoms with Crippen LogP contribution in [0.4, 0.5) is 0 Å². The summed E-state index contributed by atoms with van der Waals surface area (Å²) in [7, 11) is -0.502. The van der Waals surface area contributed by atoms with Crippen LogP contribution in [0.25, 0.3) is 5.59 Å². The summed E-state index contributed by atoms with van der Waals surface area (Å²) in [6.45, 7) is 12.0. The fourth-order valence-corrected chi connectivity index (χ4v) is 6.73. The number of hydrogen-bond donors (Lipinski definition) is 0. The molecule has 0 amide bonds. The van der Waals surface area contributed by atoms with Crippen molar-refractivity contribution in [1.29, 1.82) is 0 Å². The molecule has 0 heterocycles. The quantitative estimate of drug-likeness (QED) is 0.238. The third kappa shape index (κ3) is 7.19. The van der Waals surface area contributed by atoms with Gasteiger partial charge in [-0.05, 0) is 48.1 Å². The molecule has 1 aliphatic rings. The predicted octanol–water partition coefficient (Wildman–Crippen LogP) is 6.75. The smallest absolute Gasteiger partial charge is 0 e. The molecule has 3 aromatic carbocycles. The van der Waals surface area contributed by atoms with Crippen molar-refractivity contribution in [3.05, 3.63) is 101 Å². The van der Waals surface area contributed by atoms with Gasteiger partial charge in [0.15, 0.2) is 0 Å². The van der Waals surface area contributed by atoms with E-state index >= 15 is 0 Å². The summed E-state index contributed by atoms with van der Waals surface area (Å²) in [5.41, 5.74) is 5.75. The largest absolute Gasteiger partial charge is 0.577 e. The van der Waals surface area contributed by atoms with Crippen molar-refractivity contribution in [1.82, 2.24) is 0 Å². The maximum absolute atomic E-state index is 7.25. The van der Waals surface area contributed by atoms with Crippen molar-refractivity contribution >= 4 is 23.8 Å². The summed E-state index contributed by atoms with van der Waals surface area (Å²) >= 11 is 0. The zero-order valence-corrected chi connectivity index (χ0v) is 23.5. The van der Waals surface area contributed by atoms with Gasteiger partial charge in [0.25, 0.3) is 0 Å². The van der Waals surface area contributed by atoms with E-state index in [1.165, 1.54) is 15.9 Å². The Morgan fingerprint density at radius 3 is 1.25 bits per heavy atom. The molecule has 32 heavy (non-hydrogen) atoms. The fourth-order valence-electron chi connectivity index (χ4n) is 4.50. The van der Waals surface area contributed by atoms with Gasteiger partial charge in [-0.2, -0.15) is 30.3 Å². The molecule has 0 aromatic heterocycles. The molecule has 1 aliphatic carbocycles. The Balaban J connectivity index is 0.000000337. The first-order valence-electron chi connectivity index (χ1n) is 11.1. The standard InChI is InChI=1S/C18H14P.C10H20.NO.W/c1-4-10-16(11-5-1)19(17-12-6-2-7-13-17)18-14-8-3-9-15-18;1-6-7(2)9(4)10(5)8(6)3;1-2;/h1-14H;6-10H,1-5H3;;/q-1;;-1;. The fraction of sp³-hybridized carbons (Fsp3) is 0.357. The van der Waals surface area contributed by atoms with Gasteiger partial charge in [0.2, 0.25) is 0 Å². The topological polar surface area (TPSA) is 39.4 Å². The molecule has 0 radical (unpaired) electrons. The summed E-state index contributed by atoms with van der Waals surface area (Å²) in [5.74, 6) is 4.68. The molecule has 0 atom stereocenters. The molecule has 3 aromatic rings. The number of nitrogens with zero attached hydrogens (tertiary/aromatic N) is 1. The minimum Gasteiger partial charge on any atom is -0.577 e. The SMILES string of the molecule is CC1C(C)C(C)C(C)C1C.[N-]=O.[W].[c-]1ccccc1P(c1ccccc1)c1ccccc1. The van der Waals surface area contributed by atoms with Gasteiger partial charge < -0.3 is 10.5 Å². The van der Waals surface area contributed by atoms with Crippen LogP contribution in [0.3, 0.4) is 0 Å². The van der Waals surface area contributed by atoms with Crippen molar-refractivity contribution in [2.45, 2.75) is 34.6 Å². The van der Waals surface area contributed by atoms with E-state index in [0.29, 0.717) is 0 Å². The van der Waals surface area contributed by atoms with Gasteiger partial charge in [0.1, 0.15) is 0 Å². The van der Waals surface area contributed by atoms with Crippen molar-refractivity contribution < 1.29 is 21.1 Å². The molecule has 1 fully saturated rings. The minimum absolute atomic E-state index is 0. The summed E-state index contributed by atoms with van der Waals surface area (Å²) in [4.78, 5) is 7.25. The molecule has 1 saturated carbocycles. The Bertz CT molecular complexity index is 739. The van der Waals surface area contributed by atoms with Crippen molar-refractivity contribution in [3.63, 3.8) is 0 Å². The second-order valence-electron chi connectivity index (χ2n) is 8.55. The van der Waals surface area contributed by atoms with Gasteiger partial charge in [0, 0.05) is 21.1 Å². The maximum atomic E-state index is 7.25. The van der Waals surface area contributed by atoms with Crippen LogP contribution < -0.4 is 15.9 Å².